The maximum Gasteiger partial charge on any atom is 0.270 e. The second kappa shape index (κ2) is 6.66. The number of non-ortho nitro benzene ring substituents is 1. The molecule has 0 aliphatic rings. The lowest BCUT2D eigenvalue weighted by molar-refractivity contribution is -0.384. The Labute approximate surface area is 136 Å². The summed E-state index contributed by atoms with van der Waals surface area (Å²) >= 11 is 1.42. The van der Waals surface area contributed by atoms with Crippen molar-refractivity contribution in [2.24, 2.45) is 5.73 Å². The van der Waals surface area contributed by atoms with Crippen molar-refractivity contribution in [3.63, 3.8) is 0 Å². The molecular weight excluding hydrogens is 318 g/mol. The van der Waals surface area contributed by atoms with Gasteiger partial charge in [0.15, 0.2) is 0 Å². The van der Waals surface area contributed by atoms with Crippen LogP contribution in [0, 0.1) is 17.0 Å². The topological polar surface area (TPSA) is 119 Å². The van der Waals surface area contributed by atoms with Crippen LogP contribution in [0.1, 0.15) is 27.2 Å². The molecule has 0 spiro atoms. The summed E-state index contributed by atoms with van der Waals surface area (Å²) in [5.41, 5.74) is 6.62. The van der Waals surface area contributed by atoms with E-state index < -0.39 is 10.8 Å². The molecule has 3 N–H and O–H groups in total. The number of thioether (sulfide) groups is 1. The lowest BCUT2D eigenvalue weighted by Crippen LogP contribution is -2.18. The summed E-state index contributed by atoms with van der Waals surface area (Å²) < 4.78 is 0. The molecule has 7 nitrogen and oxygen atoms in total. The van der Waals surface area contributed by atoms with Crippen LogP contribution in [0.15, 0.2) is 34.0 Å². The first-order valence-electron chi connectivity index (χ1n) is 6.67. The van der Waals surface area contributed by atoms with E-state index in [1.165, 1.54) is 23.9 Å². The van der Waals surface area contributed by atoms with Gasteiger partial charge in [0.25, 0.3) is 11.2 Å². The molecule has 0 fully saturated rings. The summed E-state index contributed by atoms with van der Waals surface area (Å²) in [6.45, 7) is 1.78. The number of amides is 1. The van der Waals surface area contributed by atoms with Gasteiger partial charge in [0.05, 0.1) is 4.92 Å². The van der Waals surface area contributed by atoms with Crippen LogP contribution in [0.25, 0.3) is 0 Å². The molecule has 8 heteroatoms. The molecule has 0 saturated heterocycles. The Balaban J connectivity index is 2.55. The van der Waals surface area contributed by atoms with Gasteiger partial charge in [0.2, 0.25) is 5.91 Å². The normalized spacial score (nSPS) is 10.5. The van der Waals surface area contributed by atoms with Crippen LogP contribution >= 0.6 is 11.8 Å². The number of primary amides is 1. The lowest BCUT2D eigenvalue weighted by atomic mass is 9.99. The van der Waals surface area contributed by atoms with E-state index in [4.69, 9.17) is 5.73 Å². The molecule has 0 unspecified atom stereocenters. The number of nitro groups is 1. The van der Waals surface area contributed by atoms with Gasteiger partial charge in [0.1, 0.15) is 0 Å². The van der Waals surface area contributed by atoms with E-state index in [2.05, 4.69) is 4.98 Å². The van der Waals surface area contributed by atoms with Gasteiger partial charge in [0, 0.05) is 40.3 Å². The predicted molar refractivity (Wildman–Crippen MR) is 88.0 cm³/mol. The summed E-state index contributed by atoms with van der Waals surface area (Å²) in [6.07, 6.45) is 2.02. The van der Waals surface area contributed by atoms with Crippen LogP contribution in [0.5, 0.6) is 0 Å². The molecule has 120 valence electrons. The number of carbonyl (C=O) groups is 1. The van der Waals surface area contributed by atoms with Crippen molar-refractivity contribution in [3.05, 3.63) is 67.1 Å². The zero-order valence-corrected chi connectivity index (χ0v) is 13.4. The highest BCUT2D eigenvalue weighted by molar-refractivity contribution is 7.98. The third-order valence-electron chi connectivity index (χ3n) is 3.39. The number of rotatable bonds is 5. The first-order chi connectivity index (χ1) is 10.8. The van der Waals surface area contributed by atoms with E-state index in [-0.39, 0.29) is 23.2 Å². The fourth-order valence-corrected chi connectivity index (χ4v) is 2.99. The van der Waals surface area contributed by atoms with E-state index in [9.17, 15) is 19.7 Å². The van der Waals surface area contributed by atoms with Crippen molar-refractivity contribution in [2.45, 2.75) is 18.2 Å². The fraction of sp³-hybridized carbons (Fsp3) is 0.200. The van der Waals surface area contributed by atoms with Crippen molar-refractivity contribution in [2.75, 3.05) is 6.26 Å². The highest BCUT2D eigenvalue weighted by atomic mass is 32.2. The smallest absolute Gasteiger partial charge is 0.270 e. The second-order valence-corrected chi connectivity index (χ2v) is 5.82. The Morgan fingerprint density at radius 1 is 1.39 bits per heavy atom. The Bertz CT molecular complexity index is 845. The summed E-state index contributed by atoms with van der Waals surface area (Å²) in [5.74, 6) is -0.766. The zero-order valence-electron chi connectivity index (χ0n) is 12.6. The van der Waals surface area contributed by atoms with Gasteiger partial charge in [-0.05, 0) is 24.8 Å². The molecule has 0 atom stereocenters. The summed E-state index contributed by atoms with van der Waals surface area (Å²) in [6, 6.07) is 5.74. The van der Waals surface area contributed by atoms with Crippen LogP contribution < -0.4 is 11.3 Å². The third-order valence-corrected chi connectivity index (χ3v) is 4.19. The first kappa shape index (κ1) is 16.8. The maximum absolute atomic E-state index is 12.2. The molecule has 0 aliphatic heterocycles. The molecule has 0 bridgehead atoms. The average molecular weight is 333 g/mol. The van der Waals surface area contributed by atoms with E-state index in [0.717, 1.165) is 16.7 Å². The number of aromatic amines is 1. The Hall–Kier alpha value is -2.61. The van der Waals surface area contributed by atoms with E-state index >= 15 is 0 Å². The number of nitrogens with zero attached hydrogens (tertiary/aromatic N) is 1. The van der Waals surface area contributed by atoms with Gasteiger partial charge in [-0.15, -0.1) is 11.8 Å². The minimum absolute atomic E-state index is 0.0474. The number of aryl methyl sites for hydroxylation is 1. The van der Waals surface area contributed by atoms with Gasteiger partial charge < -0.3 is 10.7 Å². The van der Waals surface area contributed by atoms with Gasteiger partial charge in [-0.1, -0.05) is 6.07 Å². The number of nitrogens with two attached hydrogens (primary N) is 1. The van der Waals surface area contributed by atoms with Crippen molar-refractivity contribution in [3.8, 4) is 0 Å². The predicted octanol–water partition coefficient (Wildman–Crippen LogP) is 2.00. The van der Waals surface area contributed by atoms with Crippen LogP contribution in [-0.4, -0.2) is 22.1 Å². The lowest BCUT2D eigenvalue weighted by Gasteiger charge is -2.10. The van der Waals surface area contributed by atoms with Crippen LogP contribution in [-0.2, 0) is 6.42 Å². The number of H-pyrrole nitrogens is 1. The minimum Gasteiger partial charge on any atom is -0.366 e. The molecule has 0 aliphatic carbocycles. The van der Waals surface area contributed by atoms with E-state index in [1.807, 2.05) is 12.3 Å². The standard InChI is InChI=1S/C15H15N3O4S/c1-8-5-13(23-2)12(15(20)17-8)6-9-3-4-10(18(21)22)7-11(9)14(16)19/h3-5,7H,6H2,1-2H3,(H2,16,19)(H,17,20). The Morgan fingerprint density at radius 3 is 2.65 bits per heavy atom. The molecule has 1 amide bonds. The number of hydrogen-bond acceptors (Lipinski definition) is 5. The monoisotopic (exact) mass is 333 g/mol. The molecule has 0 radical (unpaired) electrons. The van der Waals surface area contributed by atoms with Crippen LogP contribution in [0.2, 0.25) is 0 Å². The van der Waals surface area contributed by atoms with E-state index in [1.54, 1.807) is 6.92 Å². The molecule has 1 aromatic heterocycles. The van der Waals surface area contributed by atoms with E-state index in [0.29, 0.717) is 11.1 Å². The SMILES string of the molecule is CSc1cc(C)[nH]c(=O)c1Cc1ccc([N+](=O)[O-])cc1C(N)=O. The largest absolute Gasteiger partial charge is 0.366 e. The Morgan fingerprint density at radius 2 is 2.09 bits per heavy atom. The molecule has 2 rings (SSSR count). The molecule has 23 heavy (non-hydrogen) atoms. The third kappa shape index (κ3) is 3.59. The fourth-order valence-electron chi connectivity index (χ4n) is 2.29. The average Bonchev–Trinajstić information content (AvgIpc) is 2.49. The number of nitro benzene ring substituents is 1. The molecule has 1 aromatic carbocycles. The minimum atomic E-state index is -0.766. The van der Waals surface area contributed by atoms with Crippen molar-refractivity contribution in [1.29, 1.82) is 0 Å². The van der Waals surface area contributed by atoms with Crippen LogP contribution in [0.3, 0.4) is 0 Å². The Kier molecular flexibility index (Phi) is 4.85. The maximum atomic E-state index is 12.2. The van der Waals surface area contributed by atoms with Crippen molar-refractivity contribution in [1.82, 2.24) is 4.98 Å². The van der Waals surface area contributed by atoms with Crippen molar-refractivity contribution < 1.29 is 9.72 Å². The number of benzene rings is 1. The first-order valence-corrected chi connectivity index (χ1v) is 7.90. The summed E-state index contributed by atoms with van der Waals surface area (Å²) in [7, 11) is 0. The molecular formula is C15H15N3O4S. The van der Waals surface area contributed by atoms with Crippen molar-refractivity contribution >= 4 is 23.4 Å². The van der Waals surface area contributed by atoms with Crippen LogP contribution in [0.4, 0.5) is 5.69 Å². The molecule has 1 heterocycles. The summed E-state index contributed by atoms with van der Waals surface area (Å²) in [5, 5.41) is 10.8. The number of nitrogens with one attached hydrogen (secondary N) is 1. The van der Waals surface area contributed by atoms with Gasteiger partial charge in [-0.3, -0.25) is 19.7 Å². The number of carbonyl (C=O) groups excluding carboxylic acids is 1. The number of pyridine rings is 1. The summed E-state index contributed by atoms with van der Waals surface area (Å²) in [4.78, 5) is 37.5. The quantitative estimate of drug-likeness (QED) is 0.493. The molecule has 2 aromatic rings. The number of aromatic nitrogens is 1. The highest BCUT2D eigenvalue weighted by Gasteiger charge is 2.17. The highest BCUT2D eigenvalue weighted by Crippen LogP contribution is 2.24. The number of hydrogen-bond donors (Lipinski definition) is 2. The van der Waals surface area contributed by atoms with Gasteiger partial charge in [-0.25, -0.2) is 0 Å². The zero-order chi connectivity index (χ0) is 17.1. The van der Waals surface area contributed by atoms with Gasteiger partial charge in [-0.2, -0.15) is 0 Å². The second-order valence-electron chi connectivity index (χ2n) is 4.97. The molecule has 0 saturated carbocycles. The van der Waals surface area contributed by atoms with Gasteiger partial charge >= 0.3 is 0 Å².